The summed E-state index contributed by atoms with van der Waals surface area (Å²) in [7, 11) is 0. The van der Waals surface area contributed by atoms with Crippen LogP contribution >= 0.6 is 0 Å². The molecular formula is C18H14N4O4. The minimum absolute atomic E-state index is 0.0260. The van der Waals surface area contributed by atoms with Crippen LogP contribution < -0.4 is 5.32 Å². The van der Waals surface area contributed by atoms with E-state index < -0.39 is 6.03 Å². The zero-order valence-corrected chi connectivity index (χ0v) is 13.5. The Balaban J connectivity index is 1.58. The predicted octanol–water partition coefficient (Wildman–Crippen LogP) is 2.16. The van der Waals surface area contributed by atoms with Gasteiger partial charge in [0.2, 0.25) is 11.7 Å². The summed E-state index contributed by atoms with van der Waals surface area (Å²) in [4.78, 5) is 28.9. The van der Waals surface area contributed by atoms with Crippen molar-refractivity contribution in [3.8, 4) is 28.6 Å². The number of hydrogen-bond acceptors (Lipinski definition) is 6. The SMILES string of the molecule is O=C1CNC(=O)N1Cc1cccc(-c2nc(-c3ccc(O)cc3)no2)c1. The average molecular weight is 350 g/mol. The van der Waals surface area contributed by atoms with Crippen molar-refractivity contribution >= 4 is 11.9 Å². The van der Waals surface area contributed by atoms with Crippen molar-refractivity contribution in [3.05, 3.63) is 54.1 Å². The second-order valence-electron chi connectivity index (χ2n) is 5.81. The van der Waals surface area contributed by atoms with Crippen LogP contribution in [0.5, 0.6) is 5.75 Å². The molecule has 2 aromatic carbocycles. The number of imide groups is 1. The number of carbonyl (C=O) groups excluding carboxylic acids is 2. The zero-order valence-electron chi connectivity index (χ0n) is 13.5. The maximum atomic E-state index is 11.7. The highest BCUT2D eigenvalue weighted by molar-refractivity contribution is 6.01. The molecule has 3 amide bonds. The fraction of sp³-hybridized carbons (Fsp3) is 0.111. The largest absolute Gasteiger partial charge is 0.508 e. The molecule has 26 heavy (non-hydrogen) atoms. The smallest absolute Gasteiger partial charge is 0.324 e. The molecule has 1 aliphatic rings. The van der Waals surface area contributed by atoms with Gasteiger partial charge in [-0.3, -0.25) is 9.69 Å². The van der Waals surface area contributed by atoms with Crippen LogP contribution in [0, 0.1) is 0 Å². The first-order chi connectivity index (χ1) is 12.6. The first-order valence-electron chi connectivity index (χ1n) is 7.91. The van der Waals surface area contributed by atoms with E-state index in [1.807, 2.05) is 12.1 Å². The van der Waals surface area contributed by atoms with Gasteiger partial charge < -0.3 is 14.9 Å². The number of aromatic nitrogens is 2. The summed E-state index contributed by atoms with van der Waals surface area (Å²) in [6.07, 6.45) is 0. The Morgan fingerprint density at radius 2 is 1.92 bits per heavy atom. The lowest BCUT2D eigenvalue weighted by Gasteiger charge is -2.12. The Morgan fingerprint density at radius 3 is 2.65 bits per heavy atom. The van der Waals surface area contributed by atoms with Gasteiger partial charge in [-0.1, -0.05) is 17.3 Å². The standard InChI is InChI=1S/C18H14N4O4/c23-14-6-4-12(5-7-14)16-20-17(26-21-16)13-3-1-2-11(8-13)10-22-15(24)9-19-18(22)25/h1-8,23H,9-10H2,(H,19,25). The highest BCUT2D eigenvalue weighted by Crippen LogP contribution is 2.24. The second-order valence-corrected chi connectivity index (χ2v) is 5.81. The summed E-state index contributed by atoms with van der Waals surface area (Å²) in [6.45, 7) is 0.204. The third kappa shape index (κ3) is 3.00. The zero-order chi connectivity index (χ0) is 18.1. The third-order valence-electron chi connectivity index (χ3n) is 4.00. The van der Waals surface area contributed by atoms with Crippen LogP contribution in [0.1, 0.15) is 5.56 Å². The van der Waals surface area contributed by atoms with Gasteiger partial charge in [-0.15, -0.1) is 0 Å². The molecule has 2 heterocycles. The van der Waals surface area contributed by atoms with E-state index in [0.717, 1.165) is 10.5 Å². The molecular weight excluding hydrogens is 336 g/mol. The van der Waals surface area contributed by atoms with Gasteiger partial charge in [0.25, 0.3) is 5.89 Å². The van der Waals surface area contributed by atoms with Gasteiger partial charge in [0.1, 0.15) is 5.75 Å². The van der Waals surface area contributed by atoms with E-state index in [4.69, 9.17) is 4.52 Å². The number of phenolic OH excluding ortho intramolecular Hbond substituents is 1. The van der Waals surface area contributed by atoms with Crippen molar-refractivity contribution in [1.29, 1.82) is 0 Å². The summed E-state index contributed by atoms with van der Waals surface area (Å²) in [5.41, 5.74) is 2.18. The molecule has 1 saturated heterocycles. The average Bonchev–Trinajstić information content (AvgIpc) is 3.25. The molecule has 1 fully saturated rings. The summed E-state index contributed by atoms with van der Waals surface area (Å²) < 4.78 is 5.32. The highest BCUT2D eigenvalue weighted by atomic mass is 16.5. The normalized spacial score (nSPS) is 13.9. The van der Waals surface area contributed by atoms with Crippen molar-refractivity contribution in [2.45, 2.75) is 6.54 Å². The molecule has 8 nitrogen and oxygen atoms in total. The number of nitrogens with zero attached hydrogens (tertiary/aromatic N) is 3. The van der Waals surface area contributed by atoms with Gasteiger partial charge in [-0.2, -0.15) is 4.98 Å². The minimum Gasteiger partial charge on any atom is -0.508 e. The lowest BCUT2D eigenvalue weighted by atomic mass is 10.1. The molecule has 1 aliphatic heterocycles. The van der Waals surface area contributed by atoms with E-state index in [9.17, 15) is 14.7 Å². The fourth-order valence-electron chi connectivity index (χ4n) is 2.67. The lowest BCUT2D eigenvalue weighted by molar-refractivity contribution is -0.125. The Kier molecular flexibility index (Phi) is 3.85. The number of benzene rings is 2. The monoisotopic (exact) mass is 350 g/mol. The van der Waals surface area contributed by atoms with Crippen LogP contribution in [-0.4, -0.2) is 38.6 Å². The van der Waals surface area contributed by atoms with Crippen molar-refractivity contribution in [3.63, 3.8) is 0 Å². The Bertz CT molecular complexity index is 965. The topological polar surface area (TPSA) is 109 Å². The number of phenols is 1. The van der Waals surface area contributed by atoms with Crippen LogP contribution in [-0.2, 0) is 11.3 Å². The Hall–Kier alpha value is -3.68. The number of amides is 3. The van der Waals surface area contributed by atoms with Crippen LogP contribution in [0.3, 0.4) is 0 Å². The number of hydrogen-bond donors (Lipinski definition) is 2. The Labute approximate surface area is 148 Å². The van der Waals surface area contributed by atoms with Gasteiger partial charge in [0.15, 0.2) is 0 Å². The number of aromatic hydroxyl groups is 1. The van der Waals surface area contributed by atoms with E-state index >= 15 is 0 Å². The highest BCUT2D eigenvalue weighted by Gasteiger charge is 2.28. The molecule has 0 unspecified atom stereocenters. The molecule has 0 aliphatic carbocycles. The molecule has 8 heteroatoms. The van der Waals surface area contributed by atoms with Gasteiger partial charge in [-0.25, -0.2) is 4.79 Å². The second kappa shape index (κ2) is 6.32. The number of carbonyl (C=O) groups is 2. The molecule has 0 atom stereocenters. The van der Waals surface area contributed by atoms with Gasteiger partial charge >= 0.3 is 6.03 Å². The van der Waals surface area contributed by atoms with Crippen molar-refractivity contribution in [2.75, 3.05) is 6.54 Å². The lowest BCUT2D eigenvalue weighted by Crippen LogP contribution is -2.30. The van der Waals surface area contributed by atoms with Crippen molar-refractivity contribution < 1.29 is 19.2 Å². The molecule has 130 valence electrons. The van der Waals surface area contributed by atoms with Gasteiger partial charge in [-0.05, 0) is 42.0 Å². The summed E-state index contributed by atoms with van der Waals surface area (Å²) in [5.74, 6) is 0.630. The number of urea groups is 1. The van der Waals surface area contributed by atoms with Gasteiger partial charge in [0, 0.05) is 11.1 Å². The fourth-order valence-corrected chi connectivity index (χ4v) is 2.67. The van der Waals surface area contributed by atoms with E-state index in [2.05, 4.69) is 15.5 Å². The number of nitrogens with one attached hydrogen (secondary N) is 1. The maximum Gasteiger partial charge on any atom is 0.324 e. The van der Waals surface area contributed by atoms with Crippen molar-refractivity contribution in [2.24, 2.45) is 0 Å². The van der Waals surface area contributed by atoms with Crippen LogP contribution in [0.15, 0.2) is 53.1 Å². The molecule has 4 rings (SSSR count). The first-order valence-corrected chi connectivity index (χ1v) is 7.91. The molecule has 1 aromatic heterocycles. The predicted molar refractivity (Wildman–Crippen MR) is 90.8 cm³/mol. The van der Waals surface area contributed by atoms with Crippen LogP contribution in [0.2, 0.25) is 0 Å². The number of rotatable bonds is 4. The Morgan fingerprint density at radius 1 is 1.12 bits per heavy atom. The van der Waals surface area contributed by atoms with Crippen LogP contribution in [0.4, 0.5) is 4.79 Å². The molecule has 3 aromatic rings. The van der Waals surface area contributed by atoms with Crippen LogP contribution in [0.25, 0.3) is 22.8 Å². The molecule has 0 saturated carbocycles. The molecule has 0 spiro atoms. The van der Waals surface area contributed by atoms with E-state index in [0.29, 0.717) is 22.8 Å². The van der Waals surface area contributed by atoms with E-state index in [1.54, 1.807) is 36.4 Å². The van der Waals surface area contributed by atoms with E-state index in [1.165, 1.54) is 0 Å². The summed E-state index contributed by atoms with van der Waals surface area (Å²) in [6, 6.07) is 13.3. The molecule has 0 bridgehead atoms. The maximum absolute atomic E-state index is 11.7. The minimum atomic E-state index is -0.396. The third-order valence-corrected chi connectivity index (χ3v) is 4.00. The quantitative estimate of drug-likeness (QED) is 0.698. The summed E-state index contributed by atoms with van der Waals surface area (Å²) >= 11 is 0. The molecule has 2 N–H and O–H groups in total. The van der Waals surface area contributed by atoms with Crippen molar-refractivity contribution in [1.82, 2.24) is 20.4 Å². The summed E-state index contributed by atoms with van der Waals surface area (Å²) in [5, 5.41) is 15.8. The van der Waals surface area contributed by atoms with E-state index in [-0.39, 0.29) is 24.7 Å². The van der Waals surface area contributed by atoms with Gasteiger partial charge in [0.05, 0.1) is 13.1 Å². The molecule has 0 radical (unpaired) electrons. The first kappa shape index (κ1) is 15.8.